The lowest BCUT2D eigenvalue weighted by atomic mass is 10.0. The Morgan fingerprint density at radius 2 is 1.84 bits per heavy atom. The van der Waals surface area contributed by atoms with Gasteiger partial charge in [0, 0.05) is 24.5 Å². The highest BCUT2D eigenvalue weighted by Crippen LogP contribution is 2.09. The molecule has 0 aliphatic carbocycles. The SMILES string of the molecule is CC(C)[C@H](Cn1nccn1)NC(=O)c1ccc(Cn2ccnc2)cc1. The lowest BCUT2D eigenvalue weighted by molar-refractivity contribution is 0.0918. The quantitative estimate of drug-likeness (QED) is 0.714. The first-order valence-electron chi connectivity index (χ1n) is 8.31. The van der Waals surface area contributed by atoms with Crippen LogP contribution in [0.4, 0.5) is 0 Å². The molecule has 2 heterocycles. The molecule has 0 saturated carbocycles. The predicted molar refractivity (Wildman–Crippen MR) is 93.9 cm³/mol. The minimum atomic E-state index is -0.0833. The summed E-state index contributed by atoms with van der Waals surface area (Å²) in [6.45, 7) is 5.43. The summed E-state index contributed by atoms with van der Waals surface area (Å²) in [6, 6.07) is 7.60. The maximum absolute atomic E-state index is 12.5. The number of hydrogen-bond acceptors (Lipinski definition) is 4. The molecular weight excluding hydrogens is 316 g/mol. The molecule has 25 heavy (non-hydrogen) atoms. The zero-order chi connectivity index (χ0) is 17.6. The fourth-order valence-corrected chi connectivity index (χ4v) is 2.54. The Labute approximate surface area is 146 Å². The first kappa shape index (κ1) is 16.9. The maximum Gasteiger partial charge on any atom is 0.251 e. The van der Waals surface area contributed by atoms with Gasteiger partial charge in [0.05, 0.1) is 31.3 Å². The van der Waals surface area contributed by atoms with Crippen molar-refractivity contribution in [2.45, 2.75) is 33.0 Å². The van der Waals surface area contributed by atoms with E-state index in [4.69, 9.17) is 0 Å². The van der Waals surface area contributed by atoms with Crippen LogP contribution in [0.25, 0.3) is 0 Å². The molecule has 3 aromatic rings. The summed E-state index contributed by atoms with van der Waals surface area (Å²) in [5, 5.41) is 11.3. The van der Waals surface area contributed by atoms with Crippen molar-refractivity contribution in [2.24, 2.45) is 5.92 Å². The van der Waals surface area contributed by atoms with Gasteiger partial charge in [-0.25, -0.2) is 4.98 Å². The van der Waals surface area contributed by atoms with Gasteiger partial charge < -0.3 is 9.88 Å². The second-order valence-electron chi connectivity index (χ2n) is 6.34. The molecule has 0 radical (unpaired) electrons. The molecule has 0 saturated heterocycles. The Kier molecular flexibility index (Phi) is 5.23. The van der Waals surface area contributed by atoms with E-state index in [-0.39, 0.29) is 17.9 Å². The van der Waals surface area contributed by atoms with Crippen LogP contribution in [0.2, 0.25) is 0 Å². The highest BCUT2D eigenvalue weighted by Gasteiger charge is 2.18. The second-order valence-corrected chi connectivity index (χ2v) is 6.34. The topological polar surface area (TPSA) is 77.6 Å². The van der Waals surface area contributed by atoms with Crippen LogP contribution in [0.3, 0.4) is 0 Å². The minimum Gasteiger partial charge on any atom is -0.347 e. The molecule has 3 rings (SSSR count). The van der Waals surface area contributed by atoms with Gasteiger partial charge in [-0.3, -0.25) is 4.79 Å². The minimum absolute atomic E-state index is 0.0366. The Morgan fingerprint density at radius 1 is 1.12 bits per heavy atom. The lowest BCUT2D eigenvalue weighted by Gasteiger charge is -2.22. The Balaban J connectivity index is 1.63. The molecule has 130 valence electrons. The third-order valence-electron chi connectivity index (χ3n) is 4.09. The monoisotopic (exact) mass is 338 g/mol. The summed E-state index contributed by atoms with van der Waals surface area (Å²) < 4.78 is 1.99. The van der Waals surface area contributed by atoms with Crippen LogP contribution in [-0.4, -0.2) is 36.5 Å². The van der Waals surface area contributed by atoms with E-state index in [1.165, 1.54) is 0 Å². The number of rotatable bonds is 7. The number of carbonyl (C=O) groups is 1. The van der Waals surface area contributed by atoms with Crippen molar-refractivity contribution < 1.29 is 4.79 Å². The van der Waals surface area contributed by atoms with E-state index in [1.54, 1.807) is 29.7 Å². The highest BCUT2D eigenvalue weighted by atomic mass is 16.1. The fraction of sp³-hybridized carbons (Fsp3) is 0.333. The molecule has 1 amide bonds. The van der Waals surface area contributed by atoms with Gasteiger partial charge in [-0.05, 0) is 23.6 Å². The van der Waals surface area contributed by atoms with Crippen molar-refractivity contribution in [1.29, 1.82) is 0 Å². The zero-order valence-electron chi connectivity index (χ0n) is 14.4. The van der Waals surface area contributed by atoms with Crippen LogP contribution in [0.15, 0.2) is 55.4 Å². The van der Waals surface area contributed by atoms with Crippen molar-refractivity contribution in [2.75, 3.05) is 0 Å². The number of imidazole rings is 1. The van der Waals surface area contributed by atoms with E-state index >= 15 is 0 Å². The average molecular weight is 338 g/mol. The van der Waals surface area contributed by atoms with Gasteiger partial charge in [-0.2, -0.15) is 15.0 Å². The van der Waals surface area contributed by atoms with E-state index in [1.807, 2.05) is 35.0 Å². The first-order valence-corrected chi connectivity index (χ1v) is 8.31. The molecule has 0 unspecified atom stereocenters. The fourth-order valence-electron chi connectivity index (χ4n) is 2.54. The molecule has 0 fully saturated rings. The van der Waals surface area contributed by atoms with Gasteiger partial charge in [0.2, 0.25) is 0 Å². The summed E-state index contributed by atoms with van der Waals surface area (Å²) in [5.74, 6) is 0.190. The molecule has 1 N–H and O–H groups in total. The summed E-state index contributed by atoms with van der Waals surface area (Å²) >= 11 is 0. The summed E-state index contributed by atoms with van der Waals surface area (Å²) in [7, 11) is 0. The Bertz CT molecular complexity index is 778. The Morgan fingerprint density at radius 3 is 2.44 bits per heavy atom. The normalized spacial score (nSPS) is 12.3. The number of nitrogens with one attached hydrogen (secondary N) is 1. The molecule has 0 aliphatic rings. The predicted octanol–water partition coefficient (Wildman–Crippen LogP) is 1.98. The van der Waals surface area contributed by atoms with Gasteiger partial charge in [-0.15, -0.1) is 0 Å². The van der Waals surface area contributed by atoms with E-state index in [0.717, 1.165) is 12.1 Å². The van der Waals surface area contributed by atoms with Crippen LogP contribution in [-0.2, 0) is 13.1 Å². The molecule has 0 aliphatic heterocycles. The van der Waals surface area contributed by atoms with Gasteiger partial charge in [0.1, 0.15) is 0 Å². The number of aromatic nitrogens is 5. The third kappa shape index (κ3) is 4.53. The largest absolute Gasteiger partial charge is 0.347 e. The Hall–Kier alpha value is -2.96. The first-order chi connectivity index (χ1) is 12.1. The summed E-state index contributed by atoms with van der Waals surface area (Å²) in [5.41, 5.74) is 1.77. The van der Waals surface area contributed by atoms with Crippen LogP contribution in [0.5, 0.6) is 0 Å². The van der Waals surface area contributed by atoms with Crippen LogP contribution in [0, 0.1) is 5.92 Å². The van der Waals surface area contributed by atoms with E-state index in [2.05, 4.69) is 34.3 Å². The highest BCUT2D eigenvalue weighted by molar-refractivity contribution is 5.94. The number of amides is 1. The smallest absolute Gasteiger partial charge is 0.251 e. The lowest BCUT2D eigenvalue weighted by Crippen LogP contribution is -2.42. The molecule has 2 aromatic heterocycles. The van der Waals surface area contributed by atoms with Crippen LogP contribution < -0.4 is 5.32 Å². The molecule has 1 aromatic carbocycles. The number of hydrogen-bond donors (Lipinski definition) is 1. The summed E-state index contributed by atoms with van der Waals surface area (Å²) in [6.07, 6.45) is 8.72. The zero-order valence-corrected chi connectivity index (χ0v) is 14.4. The third-order valence-corrected chi connectivity index (χ3v) is 4.09. The average Bonchev–Trinajstić information content (AvgIpc) is 3.28. The second kappa shape index (κ2) is 7.74. The maximum atomic E-state index is 12.5. The number of benzene rings is 1. The molecule has 7 heteroatoms. The molecule has 0 spiro atoms. The molecule has 7 nitrogen and oxygen atoms in total. The van der Waals surface area contributed by atoms with Crippen LogP contribution >= 0.6 is 0 Å². The van der Waals surface area contributed by atoms with Gasteiger partial charge in [0.25, 0.3) is 5.91 Å². The standard InChI is InChI=1S/C18H22N6O/c1-14(2)17(12-24-20-7-8-21-24)22-18(25)16-5-3-15(4-6-16)11-23-10-9-19-13-23/h3-10,13-14,17H,11-12H2,1-2H3,(H,22,25)/t17-/m0/s1. The van der Waals surface area contributed by atoms with E-state index < -0.39 is 0 Å². The molecule has 0 bridgehead atoms. The van der Waals surface area contributed by atoms with Crippen molar-refractivity contribution >= 4 is 5.91 Å². The van der Waals surface area contributed by atoms with E-state index in [9.17, 15) is 4.79 Å². The van der Waals surface area contributed by atoms with Crippen LogP contribution in [0.1, 0.15) is 29.8 Å². The molecular formula is C18H22N6O. The van der Waals surface area contributed by atoms with Crippen molar-refractivity contribution in [1.82, 2.24) is 29.9 Å². The van der Waals surface area contributed by atoms with Crippen molar-refractivity contribution in [3.8, 4) is 0 Å². The van der Waals surface area contributed by atoms with Crippen molar-refractivity contribution in [3.05, 3.63) is 66.5 Å². The van der Waals surface area contributed by atoms with Gasteiger partial charge in [0.15, 0.2) is 0 Å². The number of nitrogens with zero attached hydrogens (tertiary/aromatic N) is 5. The summed E-state index contributed by atoms with van der Waals surface area (Å²) in [4.78, 5) is 18.2. The molecule has 1 atom stereocenters. The number of carbonyl (C=O) groups excluding carboxylic acids is 1. The van der Waals surface area contributed by atoms with Gasteiger partial charge >= 0.3 is 0 Å². The van der Waals surface area contributed by atoms with E-state index in [0.29, 0.717) is 12.1 Å². The van der Waals surface area contributed by atoms with Crippen molar-refractivity contribution in [3.63, 3.8) is 0 Å². The van der Waals surface area contributed by atoms with Gasteiger partial charge in [-0.1, -0.05) is 26.0 Å².